The first-order valence-electron chi connectivity index (χ1n) is 7.07. The molecule has 0 saturated carbocycles. The van der Waals surface area contributed by atoms with Gasteiger partial charge in [-0.1, -0.05) is 0 Å². The Bertz CT molecular complexity index is 381. The van der Waals surface area contributed by atoms with Crippen LogP contribution in [-0.4, -0.2) is 34.3 Å². The molecule has 0 aromatic carbocycles. The third-order valence-electron chi connectivity index (χ3n) is 3.98. The van der Waals surface area contributed by atoms with Gasteiger partial charge in [0.15, 0.2) is 0 Å². The second kappa shape index (κ2) is 7.27. The van der Waals surface area contributed by atoms with Gasteiger partial charge in [-0.15, -0.1) is 12.4 Å². The van der Waals surface area contributed by atoms with Gasteiger partial charge in [0.2, 0.25) is 0 Å². The highest BCUT2D eigenvalue weighted by Crippen LogP contribution is 2.19. The van der Waals surface area contributed by atoms with Crippen LogP contribution in [0, 0.1) is 12.8 Å². The van der Waals surface area contributed by atoms with E-state index >= 15 is 0 Å². The molecule has 1 saturated heterocycles. The number of piperidine rings is 1. The van der Waals surface area contributed by atoms with Crippen molar-refractivity contribution < 1.29 is 0 Å². The Kier molecular flexibility index (Phi) is 6.30. The van der Waals surface area contributed by atoms with Crippen LogP contribution in [-0.2, 0) is 6.54 Å². The average Bonchev–Trinajstić information content (AvgIpc) is 2.72. The summed E-state index contributed by atoms with van der Waals surface area (Å²) < 4.78 is 2.07. The molecule has 110 valence electrons. The van der Waals surface area contributed by atoms with E-state index in [4.69, 9.17) is 5.73 Å². The molecular formula is C14H27ClN4. The van der Waals surface area contributed by atoms with Crippen LogP contribution in [0.25, 0.3) is 0 Å². The fraction of sp³-hybridized carbons (Fsp3) is 0.786. The van der Waals surface area contributed by atoms with Gasteiger partial charge in [0.1, 0.15) is 0 Å². The zero-order valence-corrected chi connectivity index (χ0v) is 13.1. The lowest BCUT2D eigenvalue weighted by molar-refractivity contribution is 0.180. The number of aromatic nitrogens is 2. The minimum Gasteiger partial charge on any atom is -0.330 e. The summed E-state index contributed by atoms with van der Waals surface area (Å²) in [6, 6.07) is 0.445. The van der Waals surface area contributed by atoms with E-state index in [2.05, 4.69) is 41.6 Å². The minimum absolute atomic E-state index is 0. The van der Waals surface area contributed by atoms with Crippen LogP contribution >= 0.6 is 12.4 Å². The van der Waals surface area contributed by atoms with Crippen molar-refractivity contribution in [2.24, 2.45) is 11.7 Å². The standard InChI is InChI=1S/C14H26N4.ClH/c1-11(2)18-10-14(12(3)16-18)9-17-6-4-13(8-15)5-7-17;/h10-11,13H,4-9,15H2,1-3H3;1H. The second-order valence-electron chi connectivity index (χ2n) is 5.77. The first-order chi connectivity index (χ1) is 8.60. The first-order valence-corrected chi connectivity index (χ1v) is 7.07. The Morgan fingerprint density at radius 2 is 2.00 bits per heavy atom. The van der Waals surface area contributed by atoms with Gasteiger partial charge >= 0.3 is 0 Å². The summed E-state index contributed by atoms with van der Waals surface area (Å²) >= 11 is 0. The molecule has 0 aliphatic carbocycles. The predicted octanol–water partition coefficient (Wildman–Crippen LogP) is 2.36. The van der Waals surface area contributed by atoms with Gasteiger partial charge in [0, 0.05) is 24.3 Å². The van der Waals surface area contributed by atoms with E-state index in [1.54, 1.807) is 0 Å². The van der Waals surface area contributed by atoms with Crippen molar-refractivity contribution in [1.29, 1.82) is 0 Å². The van der Waals surface area contributed by atoms with E-state index in [-0.39, 0.29) is 12.4 Å². The molecule has 1 aromatic heterocycles. The Labute approximate surface area is 122 Å². The highest BCUT2D eigenvalue weighted by molar-refractivity contribution is 5.85. The molecular weight excluding hydrogens is 260 g/mol. The highest BCUT2D eigenvalue weighted by atomic mass is 35.5. The number of hydrogen-bond donors (Lipinski definition) is 1. The number of hydrogen-bond acceptors (Lipinski definition) is 3. The molecule has 0 radical (unpaired) electrons. The Balaban J connectivity index is 0.00000180. The van der Waals surface area contributed by atoms with Crippen LogP contribution < -0.4 is 5.73 Å². The molecule has 0 amide bonds. The topological polar surface area (TPSA) is 47.1 Å². The molecule has 2 heterocycles. The maximum absolute atomic E-state index is 5.73. The van der Waals surface area contributed by atoms with E-state index in [1.165, 1.54) is 37.2 Å². The fourth-order valence-electron chi connectivity index (χ4n) is 2.56. The van der Waals surface area contributed by atoms with Crippen LogP contribution in [0.2, 0.25) is 0 Å². The molecule has 1 aromatic rings. The molecule has 2 N–H and O–H groups in total. The third-order valence-corrected chi connectivity index (χ3v) is 3.98. The third kappa shape index (κ3) is 4.20. The second-order valence-corrected chi connectivity index (χ2v) is 5.77. The summed E-state index contributed by atoms with van der Waals surface area (Å²) in [5, 5.41) is 4.58. The van der Waals surface area contributed by atoms with Gasteiger partial charge in [-0.2, -0.15) is 5.10 Å². The maximum atomic E-state index is 5.73. The number of aryl methyl sites for hydroxylation is 1. The molecule has 1 aliphatic heterocycles. The number of rotatable bonds is 4. The van der Waals surface area contributed by atoms with Crippen LogP contribution in [0.4, 0.5) is 0 Å². The lowest BCUT2D eigenvalue weighted by Crippen LogP contribution is -2.35. The predicted molar refractivity (Wildman–Crippen MR) is 81.7 cm³/mol. The Morgan fingerprint density at radius 1 is 1.37 bits per heavy atom. The first kappa shape index (κ1) is 16.5. The van der Waals surface area contributed by atoms with E-state index < -0.39 is 0 Å². The van der Waals surface area contributed by atoms with Crippen molar-refractivity contribution in [3.8, 4) is 0 Å². The van der Waals surface area contributed by atoms with Crippen LogP contribution in [0.15, 0.2) is 6.20 Å². The van der Waals surface area contributed by atoms with Crippen LogP contribution in [0.5, 0.6) is 0 Å². The summed E-state index contributed by atoms with van der Waals surface area (Å²) in [4.78, 5) is 2.53. The van der Waals surface area contributed by atoms with Gasteiger partial charge in [-0.05, 0) is 59.2 Å². The summed E-state index contributed by atoms with van der Waals surface area (Å²) in [6.07, 6.45) is 4.69. The van der Waals surface area contributed by atoms with Crippen molar-refractivity contribution in [2.45, 2.75) is 46.2 Å². The van der Waals surface area contributed by atoms with Crippen LogP contribution in [0.3, 0.4) is 0 Å². The summed E-state index contributed by atoms with van der Waals surface area (Å²) in [7, 11) is 0. The lowest BCUT2D eigenvalue weighted by atomic mass is 9.97. The lowest BCUT2D eigenvalue weighted by Gasteiger charge is -2.31. The Hall–Kier alpha value is -0.580. The van der Waals surface area contributed by atoms with E-state index in [0.29, 0.717) is 6.04 Å². The molecule has 0 unspecified atom stereocenters. The van der Waals surface area contributed by atoms with Crippen molar-refractivity contribution >= 4 is 12.4 Å². The molecule has 0 atom stereocenters. The quantitative estimate of drug-likeness (QED) is 0.924. The zero-order chi connectivity index (χ0) is 13.1. The monoisotopic (exact) mass is 286 g/mol. The van der Waals surface area contributed by atoms with E-state index in [1.807, 2.05) is 0 Å². The smallest absolute Gasteiger partial charge is 0.0638 e. The van der Waals surface area contributed by atoms with Crippen molar-refractivity contribution in [3.63, 3.8) is 0 Å². The molecule has 19 heavy (non-hydrogen) atoms. The molecule has 1 fully saturated rings. The van der Waals surface area contributed by atoms with Gasteiger partial charge in [-0.3, -0.25) is 9.58 Å². The number of likely N-dealkylation sites (tertiary alicyclic amines) is 1. The molecule has 0 bridgehead atoms. The minimum atomic E-state index is 0. The zero-order valence-electron chi connectivity index (χ0n) is 12.3. The Morgan fingerprint density at radius 3 is 2.47 bits per heavy atom. The van der Waals surface area contributed by atoms with Gasteiger partial charge in [-0.25, -0.2) is 0 Å². The SMILES string of the molecule is Cc1nn(C(C)C)cc1CN1CCC(CN)CC1.Cl. The maximum Gasteiger partial charge on any atom is 0.0638 e. The van der Waals surface area contributed by atoms with Crippen LogP contribution in [0.1, 0.15) is 44.0 Å². The van der Waals surface area contributed by atoms with Crippen molar-refractivity contribution in [1.82, 2.24) is 14.7 Å². The van der Waals surface area contributed by atoms with E-state index in [0.717, 1.165) is 19.0 Å². The van der Waals surface area contributed by atoms with Crippen molar-refractivity contribution in [2.75, 3.05) is 19.6 Å². The van der Waals surface area contributed by atoms with E-state index in [9.17, 15) is 0 Å². The normalized spacial score (nSPS) is 17.7. The van der Waals surface area contributed by atoms with Gasteiger partial charge < -0.3 is 5.73 Å². The molecule has 1 aliphatic rings. The van der Waals surface area contributed by atoms with Gasteiger partial charge in [0.25, 0.3) is 0 Å². The molecule has 0 spiro atoms. The number of nitrogens with two attached hydrogens (primary N) is 1. The summed E-state index contributed by atoms with van der Waals surface area (Å²) in [6.45, 7) is 10.7. The summed E-state index contributed by atoms with van der Waals surface area (Å²) in [5.41, 5.74) is 8.27. The highest BCUT2D eigenvalue weighted by Gasteiger charge is 2.19. The van der Waals surface area contributed by atoms with Gasteiger partial charge in [0.05, 0.1) is 5.69 Å². The molecule has 2 rings (SSSR count). The largest absolute Gasteiger partial charge is 0.330 e. The average molecular weight is 287 g/mol. The van der Waals surface area contributed by atoms with Crippen molar-refractivity contribution in [3.05, 3.63) is 17.5 Å². The molecule has 4 nitrogen and oxygen atoms in total. The fourth-order valence-corrected chi connectivity index (χ4v) is 2.56. The summed E-state index contributed by atoms with van der Waals surface area (Å²) in [5.74, 6) is 0.737. The molecule has 5 heteroatoms. The number of nitrogens with zero attached hydrogens (tertiary/aromatic N) is 3. The number of halogens is 1.